The van der Waals surface area contributed by atoms with Gasteiger partial charge in [-0.3, -0.25) is 4.79 Å². The Hall–Kier alpha value is -1.75. The molecule has 100 valence electrons. The minimum atomic E-state index is -0.796. The predicted molar refractivity (Wildman–Crippen MR) is 73.6 cm³/mol. The molecule has 1 amide bonds. The van der Waals surface area contributed by atoms with Gasteiger partial charge in [-0.2, -0.15) is 0 Å². The Labute approximate surface area is 107 Å². The van der Waals surface area contributed by atoms with Crippen LogP contribution in [0.5, 0.6) is 0 Å². The zero-order chi connectivity index (χ0) is 13.8. The molecule has 0 saturated heterocycles. The molecule has 0 spiro atoms. The van der Waals surface area contributed by atoms with Crippen LogP contribution >= 0.6 is 0 Å². The van der Waals surface area contributed by atoms with Crippen molar-refractivity contribution in [3.63, 3.8) is 0 Å². The molecule has 1 atom stereocenters. The average molecular weight is 251 g/mol. The Morgan fingerprint density at radius 3 is 2.72 bits per heavy atom. The fraction of sp³-hybridized carbons (Fsp3) is 0.462. The van der Waals surface area contributed by atoms with Crippen molar-refractivity contribution in [1.82, 2.24) is 5.32 Å². The quantitative estimate of drug-likeness (QED) is 0.592. The van der Waals surface area contributed by atoms with Crippen LogP contribution in [-0.2, 0) is 0 Å². The highest BCUT2D eigenvalue weighted by atomic mass is 16.3. The molecular weight excluding hydrogens is 230 g/mol. The Bertz CT molecular complexity index is 430. The Morgan fingerprint density at radius 1 is 1.50 bits per heavy atom. The molecule has 0 saturated carbocycles. The summed E-state index contributed by atoms with van der Waals surface area (Å²) in [6.45, 7) is 4.04. The molecule has 0 aliphatic carbocycles. The largest absolute Gasteiger partial charge is 0.397 e. The molecule has 0 aliphatic rings. The second-order valence-electron chi connectivity index (χ2n) is 4.59. The van der Waals surface area contributed by atoms with E-state index in [4.69, 9.17) is 5.73 Å². The van der Waals surface area contributed by atoms with Crippen molar-refractivity contribution in [3.8, 4) is 0 Å². The first kappa shape index (κ1) is 14.3. The lowest BCUT2D eigenvalue weighted by Crippen LogP contribution is -2.32. The summed E-state index contributed by atoms with van der Waals surface area (Å²) in [4.78, 5) is 11.5. The van der Waals surface area contributed by atoms with E-state index in [1.54, 1.807) is 32.2 Å². The first-order chi connectivity index (χ1) is 8.39. The van der Waals surface area contributed by atoms with Crippen molar-refractivity contribution in [2.75, 3.05) is 24.6 Å². The molecular formula is C13H21N3O2. The van der Waals surface area contributed by atoms with Gasteiger partial charge in [0.15, 0.2) is 0 Å². The van der Waals surface area contributed by atoms with Crippen LogP contribution in [-0.4, -0.2) is 30.2 Å². The van der Waals surface area contributed by atoms with Crippen LogP contribution in [0, 0.1) is 0 Å². The molecule has 1 aromatic rings. The van der Waals surface area contributed by atoms with Crippen molar-refractivity contribution in [2.24, 2.45) is 0 Å². The zero-order valence-electron chi connectivity index (χ0n) is 11.1. The summed E-state index contributed by atoms with van der Waals surface area (Å²) in [6, 6.07) is 5.02. The standard InChI is InChI=1S/C13H21N3O2/c1-4-13(2,18)8-16-11-7-9(12(17)15-3)5-6-10(11)14/h5-7,16,18H,4,8,14H2,1-3H3,(H,15,17). The van der Waals surface area contributed by atoms with Crippen LogP contribution < -0.4 is 16.4 Å². The van der Waals surface area contributed by atoms with Gasteiger partial charge in [0, 0.05) is 19.2 Å². The molecule has 5 nitrogen and oxygen atoms in total. The molecule has 1 rings (SSSR count). The number of amides is 1. The zero-order valence-corrected chi connectivity index (χ0v) is 11.1. The Balaban J connectivity index is 2.85. The van der Waals surface area contributed by atoms with Crippen molar-refractivity contribution in [1.29, 1.82) is 0 Å². The topological polar surface area (TPSA) is 87.4 Å². The summed E-state index contributed by atoms with van der Waals surface area (Å²) in [5, 5.41) is 15.5. The number of rotatable bonds is 5. The van der Waals surface area contributed by atoms with Crippen LogP contribution in [0.3, 0.4) is 0 Å². The van der Waals surface area contributed by atoms with E-state index in [1.807, 2.05) is 6.92 Å². The van der Waals surface area contributed by atoms with Crippen LogP contribution in [0.15, 0.2) is 18.2 Å². The monoisotopic (exact) mass is 251 g/mol. The maximum Gasteiger partial charge on any atom is 0.251 e. The number of nitrogen functional groups attached to an aromatic ring is 1. The van der Waals surface area contributed by atoms with Gasteiger partial charge in [-0.05, 0) is 31.5 Å². The van der Waals surface area contributed by atoms with Crippen molar-refractivity contribution in [3.05, 3.63) is 23.8 Å². The van der Waals surface area contributed by atoms with Gasteiger partial charge < -0.3 is 21.5 Å². The summed E-state index contributed by atoms with van der Waals surface area (Å²) in [6.07, 6.45) is 0.634. The number of carbonyl (C=O) groups excluding carboxylic acids is 1. The Morgan fingerprint density at radius 2 is 2.17 bits per heavy atom. The number of nitrogens with one attached hydrogen (secondary N) is 2. The molecule has 0 aliphatic heterocycles. The molecule has 5 N–H and O–H groups in total. The van der Waals surface area contributed by atoms with Crippen molar-refractivity contribution < 1.29 is 9.90 Å². The maximum atomic E-state index is 11.5. The minimum Gasteiger partial charge on any atom is -0.397 e. The van der Waals surface area contributed by atoms with Crippen molar-refractivity contribution >= 4 is 17.3 Å². The Kier molecular flexibility index (Phi) is 4.55. The molecule has 0 bridgehead atoms. The summed E-state index contributed by atoms with van der Waals surface area (Å²) in [5.74, 6) is -0.166. The first-order valence-corrected chi connectivity index (χ1v) is 5.97. The number of benzene rings is 1. The third-order valence-electron chi connectivity index (χ3n) is 2.96. The van der Waals surface area contributed by atoms with Crippen molar-refractivity contribution in [2.45, 2.75) is 25.9 Å². The molecule has 1 unspecified atom stereocenters. The lowest BCUT2D eigenvalue weighted by atomic mass is 10.0. The van der Waals surface area contributed by atoms with E-state index < -0.39 is 5.60 Å². The highest BCUT2D eigenvalue weighted by molar-refractivity contribution is 5.96. The smallest absolute Gasteiger partial charge is 0.251 e. The summed E-state index contributed by atoms with van der Waals surface area (Å²) in [5.41, 5.74) is 6.77. The summed E-state index contributed by atoms with van der Waals surface area (Å²) < 4.78 is 0. The van der Waals surface area contributed by atoms with Gasteiger partial charge in [-0.15, -0.1) is 0 Å². The van der Waals surface area contributed by atoms with Crippen LogP contribution in [0.1, 0.15) is 30.6 Å². The minimum absolute atomic E-state index is 0.166. The van der Waals surface area contributed by atoms with E-state index in [0.717, 1.165) is 0 Å². The first-order valence-electron chi connectivity index (χ1n) is 5.97. The summed E-state index contributed by atoms with van der Waals surface area (Å²) in [7, 11) is 1.58. The fourth-order valence-corrected chi connectivity index (χ4v) is 1.41. The van der Waals surface area contributed by atoms with E-state index in [2.05, 4.69) is 10.6 Å². The molecule has 18 heavy (non-hydrogen) atoms. The number of anilines is 2. The lowest BCUT2D eigenvalue weighted by Gasteiger charge is -2.23. The lowest BCUT2D eigenvalue weighted by molar-refractivity contribution is 0.0697. The highest BCUT2D eigenvalue weighted by Crippen LogP contribution is 2.21. The molecule has 1 aromatic carbocycles. The number of nitrogens with two attached hydrogens (primary N) is 1. The van der Waals surface area contributed by atoms with Crippen LogP contribution in [0.4, 0.5) is 11.4 Å². The molecule has 0 aromatic heterocycles. The number of hydrogen-bond acceptors (Lipinski definition) is 4. The van der Waals surface area contributed by atoms with Crippen LogP contribution in [0.2, 0.25) is 0 Å². The molecule has 0 heterocycles. The highest BCUT2D eigenvalue weighted by Gasteiger charge is 2.17. The average Bonchev–Trinajstić information content (AvgIpc) is 2.37. The number of hydrogen-bond donors (Lipinski definition) is 4. The second-order valence-corrected chi connectivity index (χ2v) is 4.59. The van der Waals surface area contributed by atoms with Gasteiger partial charge in [0.05, 0.1) is 17.0 Å². The molecule has 0 fully saturated rings. The third-order valence-corrected chi connectivity index (χ3v) is 2.96. The van der Waals surface area contributed by atoms with Gasteiger partial charge in [-0.25, -0.2) is 0 Å². The van der Waals surface area contributed by atoms with Gasteiger partial charge in [0.1, 0.15) is 0 Å². The number of carbonyl (C=O) groups is 1. The second kappa shape index (κ2) is 5.73. The van der Waals surface area contributed by atoms with Gasteiger partial charge in [0.2, 0.25) is 0 Å². The van der Waals surface area contributed by atoms with E-state index in [9.17, 15) is 9.90 Å². The molecule has 0 radical (unpaired) electrons. The summed E-state index contributed by atoms with van der Waals surface area (Å²) >= 11 is 0. The van der Waals surface area contributed by atoms with Gasteiger partial charge in [0.25, 0.3) is 5.91 Å². The van der Waals surface area contributed by atoms with Crippen LogP contribution in [0.25, 0.3) is 0 Å². The molecule has 5 heteroatoms. The third kappa shape index (κ3) is 3.63. The van der Waals surface area contributed by atoms with Gasteiger partial charge >= 0.3 is 0 Å². The van der Waals surface area contributed by atoms with E-state index in [0.29, 0.717) is 29.9 Å². The maximum absolute atomic E-state index is 11.5. The number of aliphatic hydroxyl groups is 1. The predicted octanol–water partition coefficient (Wildman–Crippen LogP) is 1.20. The fourth-order valence-electron chi connectivity index (χ4n) is 1.41. The van der Waals surface area contributed by atoms with E-state index in [-0.39, 0.29) is 5.91 Å². The van der Waals surface area contributed by atoms with E-state index in [1.165, 1.54) is 0 Å². The normalized spacial score (nSPS) is 13.8. The van der Waals surface area contributed by atoms with Gasteiger partial charge in [-0.1, -0.05) is 6.92 Å². The van der Waals surface area contributed by atoms with E-state index >= 15 is 0 Å². The SMILES string of the molecule is CCC(C)(O)CNc1cc(C(=O)NC)ccc1N.